The van der Waals surface area contributed by atoms with Gasteiger partial charge in [0.2, 0.25) is 0 Å². The van der Waals surface area contributed by atoms with E-state index in [2.05, 4.69) is 27.4 Å². The summed E-state index contributed by atoms with van der Waals surface area (Å²) in [5.74, 6) is -2.04. The number of nitrogens with zero attached hydrogens (tertiary/aromatic N) is 4. The van der Waals surface area contributed by atoms with Crippen LogP contribution in [0.4, 0.5) is 0 Å². The van der Waals surface area contributed by atoms with E-state index in [9.17, 15) is 20.4 Å². The van der Waals surface area contributed by atoms with E-state index in [1.54, 1.807) is 49.5 Å². The Balaban J connectivity index is 1.69. The van der Waals surface area contributed by atoms with E-state index < -0.39 is 41.4 Å². The number of methoxy groups -OCH3 is 1. The Morgan fingerprint density at radius 2 is 1.95 bits per heavy atom. The summed E-state index contributed by atoms with van der Waals surface area (Å²) in [5, 5.41) is 33.3. The Hall–Kier alpha value is -3.76. The number of ether oxygens (including phenoxy) is 2. The fourth-order valence-corrected chi connectivity index (χ4v) is 4.95. The van der Waals surface area contributed by atoms with Crippen molar-refractivity contribution in [2.24, 2.45) is 21.8 Å². The average molecular weight is 564 g/mol. The zero-order valence-corrected chi connectivity index (χ0v) is 23.8. The Morgan fingerprint density at radius 1 is 1.25 bits per heavy atom. The van der Waals surface area contributed by atoms with Crippen LogP contribution in [-0.4, -0.2) is 67.5 Å². The van der Waals surface area contributed by atoms with Gasteiger partial charge in [0.05, 0.1) is 43.2 Å². The minimum atomic E-state index is -0.816. The second kappa shape index (κ2) is 14.0. The number of nitriles is 2. The van der Waals surface area contributed by atoms with Gasteiger partial charge in [-0.05, 0) is 44.5 Å². The first kappa shape index (κ1) is 30.8. The van der Waals surface area contributed by atoms with Crippen molar-refractivity contribution >= 4 is 29.5 Å². The van der Waals surface area contributed by atoms with Gasteiger partial charge in [-0.1, -0.05) is 41.9 Å². The van der Waals surface area contributed by atoms with Crippen LogP contribution in [0.5, 0.6) is 5.75 Å². The largest absolute Gasteiger partial charge is 0.489 e. The first-order valence-corrected chi connectivity index (χ1v) is 13.3. The summed E-state index contributed by atoms with van der Waals surface area (Å²) in [6.07, 6.45) is 0.813. The number of carbonyl (C=O) groups excluding carboxylic acids is 1. The molecule has 0 radical (unpaired) electrons. The molecule has 2 aromatic carbocycles. The van der Waals surface area contributed by atoms with Gasteiger partial charge in [0.1, 0.15) is 24.5 Å². The highest BCUT2D eigenvalue weighted by molar-refractivity contribution is 6.31. The highest BCUT2D eigenvalue weighted by atomic mass is 35.5. The molecule has 1 heterocycles. The highest BCUT2D eigenvalue weighted by Crippen LogP contribution is 2.42. The molecular formula is C30H34ClN5O4. The fourth-order valence-electron chi connectivity index (χ4n) is 4.68. The predicted octanol–water partition coefficient (Wildman–Crippen LogP) is 3.95. The molecule has 0 amide bonds. The summed E-state index contributed by atoms with van der Waals surface area (Å²) in [6, 6.07) is 17.7. The molecular weight excluding hydrogens is 530 g/mol. The molecule has 0 aromatic heterocycles. The number of β-amino-alcohol motifs (C(OH)–C–C–N with tert-alkyl or cyclic N) is 1. The molecule has 10 heteroatoms. The normalized spacial score (nSPS) is 21.6. The Kier molecular flexibility index (Phi) is 10.8. The zero-order chi connectivity index (χ0) is 29.3. The van der Waals surface area contributed by atoms with Crippen molar-refractivity contribution in [1.29, 1.82) is 10.5 Å². The van der Waals surface area contributed by atoms with Gasteiger partial charge in [-0.15, -0.1) is 0 Å². The lowest BCUT2D eigenvalue weighted by atomic mass is 9.70. The number of hydrogen-bond donors (Lipinski definition) is 2. The summed E-state index contributed by atoms with van der Waals surface area (Å²) < 4.78 is 10.7. The van der Waals surface area contributed by atoms with Crippen LogP contribution in [-0.2, 0) is 9.53 Å². The number of para-hydroxylation sites is 1. The van der Waals surface area contributed by atoms with Crippen LogP contribution < -0.4 is 10.1 Å². The molecule has 0 spiro atoms. The van der Waals surface area contributed by atoms with Crippen molar-refractivity contribution in [3.63, 3.8) is 0 Å². The average Bonchev–Trinajstić information content (AvgIpc) is 2.94. The molecule has 2 N–H and O–H groups in total. The number of rotatable bonds is 11. The second-order valence-electron chi connectivity index (χ2n) is 10.3. The van der Waals surface area contributed by atoms with Gasteiger partial charge < -0.3 is 19.9 Å². The van der Waals surface area contributed by atoms with Crippen molar-refractivity contribution < 1.29 is 19.4 Å². The lowest BCUT2D eigenvalue weighted by molar-refractivity contribution is -0.146. The number of halogens is 1. The molecule has 5 atom stereocenters. The Labute approximate surface area is 240 Å². The fraction of sp³-hybridized carbons (Fsp3) is 0.433. The van der Waals surface area contributed by atoms with Crippen molar-refractivity contribution in [2.45, 2.75) is 44.4 Å². The van der Waals surface area contributed by atoms with E-state index in [1.807, 2.05) is 26.0 Å². The summed E-state index contributed by atoms with van der Waals surface area (Å²) in [4.78, 5) is 22.3. The van der Waals surface area contributed by atoms with Gasteiger partial charge >= 0.3 is 5.97 Å². The quantitative estimate of drug-likeness (QED) is 0.311. The van der Waals surface area contributed by atoms with Crippen LogP contribution in [0.3, 0.4) is 0 Å². The van der Waals surface area contributed by atoms with Crippen LogP contribution in [0.2, 0.25) is 5.02 Å². The molecule has 0 fully saturated rings. The number of hydrogen-bond acceptors (Lipinski definition) is 9. The number of aliphatic hydroxyl groups excluding tert-OH is 1. The highest BCUT2D eigenvalue weighted by Gasteiger charge is 2.46. The van der Waals surface area contributed by atoms with E-state index >= 15 is 0 Å². The maximum absolute atomic E-state index is 13.0. The number of esters is 1. The molecule has 2 aromatic rings. The number of nitrogens with one attached hydrogen (secondary N) is 1. The van der Waals surface area contributed by atoms with Gasteiger partial charge in [-0.3, -0.25) is 14.8 Å². The van der Waals surface area contributed by atoms with Crippen LogP contribution in [0.1, 0.15) is 37.8 Å². The van der Waals surface area contributed by atoms with E-state index in [0.717, 1.165) is 0 Å². The van der Waals surface area contributed by atoms with E-state index in [4.69, 9.17) is 21.1 Å². The third-order valence-electron chi connectivity index (χ3n) is 6.79. The molecule has 0 aliphatic carbocycles. The maximum atomic E-state index is 13.0. The number of aliphatic imine (C=N–C) groups is 2. The summed E-state index contributed by atoms with van der Waals surface area (Å²) in [7, 11) is 1.31. The second-order valence-corrected chi connectivity index (χ2v) is 10.7. The van der Waals surface area contributed by atoms with Gasteiger partial charge in [0.15, 0.2) is 0 Å². The smallest absolute Gasteiger partial charge is 0.311 e. The maximum Gasteiger partial charge on any atom is 0.311 e. The first-order chi connectivity index (χ1) is 19.1. The molecule has 1 aliphatic heterocycles. The van der Waals surface area contributed by atoms with Crippen LogP contribution in [0.25, 0.3) is 0 Å². The van der Waals surface area contributed by atoms with Gasteiger partial charge in [-0.2, -0.15) is 10.5 Å². The third kappa shape index (κ3) is 7.67. The topological polar surface area (TPSA) is 140 Å². The third-order valence-corrected chi connectivity index (χ3v) is 7.14. The monoisotopic (exact) mass is 563 g/mol. The first-order valence-electron chi connectivity index (χ1n) is 12.9. The Bertz CT molecular complexity index is 1330. The minimum absolute atomic E-state index is 0.0193. The summed E-state index contributed by atoms with van der Waals surface area (Å²) in [6.45, 7) is 6.24. The molecule has 0 bridgehead atoms. The summed E-state index contributed by atoms with van der Waals surface area (Å²) >= 11 is 6.50. The van der Waals surface area contributed by atoms with E-state index in [0.29, 0.717) is 34.2 Å². The van der Waals surface area contributed by atoms with Gasteiger partial charge in [0.25, 0.3) is 0 Å². The standard InChI is InChI=1S/C30H34ClN5O4/c1-19-23(14-33)27(22-10-6-7-11-24(22)31)28(29(38)39-4)25(36-19)16-34-18-30(2,3)35-15-21(37)17-40-26-12-8-5-9-20(26)13-32/h5-12,16,21,23,25,27-28,35,37H,15,17-18H2,1-4H3/t21-,23?,25?,27?,28?/m0/s1. The number of carbonyl (C=O) groups is 1. The molecule has 4 unspecified atom stereocenters. The molecule has 0 saturated heterocycles. The van der Waals surface area contributed by atoms with E-state index in [1.165, 1.54) is 7.11 Å². The number of aliphatic hydroxyl groups is 1. The van der Waals surface area contributed by atoms with Crippen molar-refractivity contribution in [2.75, 3.05) is 26.8 Å². The molecule has 3 rings (SSSR count). The minimum Gasteiger partial charge on any atom is -0.489 e. The van der Waals surface area contributed by atoms with Crippen molar-refractivity contribution in [3.05, 3.63) is 64.7 Å². The predicted molar refractivity (Wildman–Crippen MR) is 154 cm³/mol. The Morgan fingerprint density at radius 3 is 2.62 bits per heavy atom. The van der Waals surface area contributed by atoms with Crippen LogP contribution >= 0.6 is 11.6 Å². The summed E-state index contributed by atoms with van der Waals surface area (Å²) in [5.41, 5.74) is 1.19. The lowest BCUT2D eigenvalue weighted by Gasteiger charge is -2.36. The van der Waals surface area contributed by atoms with Crippen LogP contribution in [0, 0.1) is 34.5 Å². The SMILES string of the molecule is COC(=O)C1C(C=NCC(C)(C)NC[C@H](O)COc2ccccc2C#N)N=C(C)C(C#N)C1c1ccccc1Cl. The van der Waals surface area contributed by atoms with Crippen molar-refractivity contribution in [3.8, 4) is 17.9 Å². The van der Waals surface area contributed by atoms with Gasteiger partial charge in [-0.25, -0.2) is 0 Å². The number of benzene rings is 2. The molecule has 40 heavy (non-hydrogen) atoms. The molecule has 1 aliphatic rings. The molecule has 210 valence electrons. The molecule has 0 saturated carbocycles. The molecule has 9 nitrogen and oxygen atoms in total. The van der Waals surface area contributed by atoms with Gasteiger partial charge in [0, 0.05) is 35.0 Å². The van der Waals surface area contributed by atoms with E-state index in [-0.39, 0.29) is 13.2 Å². The zero-order valence-electron chi connectivity index (χ0n) is 23.0. The van der Waals surface area contributed by atoms with Crippen LogP contribution in [0.15, 0.2) is 58.5 Å². The van der Waals surface area contributed by atoms with Crippen molar-refractivity contribution in [1.82, 2.24) is 5.32 Å². The lowest BCUT2D eigenvalue weighted by Crippen LogP contribution is -2.47.